The normalized spacial score (nSPS) is 18.0. The van der Waals surface area contributed by atoms with Crippen molar-refractivity contribution in [2.75, 3.05) is 6.54 Å². The van der Waals surface area contributed by atoms with Gasteiger partial charge < -0.3 is 5.32 Å². The lowest BCUT2D eigenvalue weighted by Gasteiger charge is -2.21. The first-order valence-corrected chi connectivity index (χ1v) is 7.47. The van der Waals surface area contributed by atoms with Gasteiger partial charge in [0.1, 0.15) is 0 Å². The summed E-state index contributed by atoms with van der Waals surface area (Å²) in [5.74, 6) is 1.75. The van der Waals surface area contributed by atoms with Crippen LogP contribution in [-0.2, 0) is 0 Å². The van der Waals surface area contributed by atoms with Crippen LogP contribution >= 0.6 is 0 Å². The van der Waals surface area contributed by atoms with Gasteiger partial charge in [-0.3, -0.25) is 0 Å². The van der Waals surface area contributed by atoms with Crippen molar-refractivity contribution in [2.45, 2.75) is 78.2 Å². The molecule has 1 rings (SSSR count). The number of rotatable bonds is 10. The molecule has 0 saturated heterocycles. The highest BCUT2D eigenvalue weighted by Crippen LogP contribution is 2.22. The first-order chi connectivity index (χ1) is 7.74. The van der Waals surface area contributed by atoms with Crippen molar-refractivity contribution < 1.29 is 0 Å². The SMILES string of the molecule is CCCCCCCC(CNC1CC1)C(C)C. The molecular formula is C15H31N. The molecule has 0 aromatic carbocycles. The summed E-state index contributed by atoms with van der Waals surface area (Å²) in [6.07, 6.45) is 11.4. The van der Waals surface area contributed by atoms with Gasteiger partial charge in [0.25, 0.3) is 0 Å². The lowest BCUT2D eigenvalue weighted by atomic mass is 9.90. The maximum Gasteiger partial charge on any atom is 0.00683 e. The Labute approximate surface area is 102 Å². The Morgan fingerprint density at radius 3 is 2.31 bits per heavy atom. The van der Waals surface area contributed by atoms with Gasteiger partial charge in [-0.15, -0.1) is 0 Å². The first-order valence-electron chi connectivity index (χ1n) is 7.47. The number of hydrogen-bond acceptors (Lipinski definition) is 1. The Morgan fingerprint density at radius 2 is 1.75 bits per heavy atom. The zero-order chi connectivity index (χ0) is 11.8. The molecule has 0 aromatic heterocycles. The Bertz CT molecular complexity index is 161. The smallest absolute Gasteiger partial charge is 0.00683 e. The van der Waals surface area contributed by atoms with Crippen LogP contribution in [0.5, 0.6) is 0 Å². The molecule has 1 aliphatic rings. The highest BCUT2D eigenvalue weighted by Gasteiger charge is 2.22. The van der Waals surface area contributed by atoms with E-state index in [-0.39, 0.29) is 0 Å². The van der Waals surface area contributed by atoms with Gasteiger partial charge in [0.05, 0.1) is 0 Å². The summed E-state index contributed by atoms with van der Waals surface area (Å²) in [7, 11) is 0. The molecule has 0 heterocycles. The molecule has 1 saturated carbocycles. The number of hydrogen-bond donors (Lipinski definition) is 1. The molecule has 1 nitrogen and oxygen atoms in total. The summed E-state index contributed by atoms with van der Waals surface area (Å²) in [6.45, 7) is 8.31. The van der Waals surface area contributed by atoms with Crippen LogP contribution in [0.25, 0.3) is 0 Å². The van der Waals surface area contributed by atoms with Gasteiger partial charge >= 0.3 is 0 Å². The molecule has 96 valence electrons. The van der Waals surface area contributed by atoms with E-state index < -0.39 is 0 Å². The van der Waals surface area contributed by atoms with E-state index in [2.05, 4.69) is 26.1 Å². The second-order valence-corrected chi connectivity index (χ2v) is 5.89. The maximum atomic E-state index is 3.69. The molecule has 0 bridgehead atoms. The summed E-state index contributed by atoms with van der Waals surface area (Å²) >= 11 is 0. The third kappa shape index (κ3) is 6.52. The Hall–Kier alpha value is -0.0400. The molecule has 0 spiro atoms. The second-order valence-electron chi connectivity index (χ2n) is 5.89. The summed E-state index contributed by atoms with van der Waals surface area (Å²) in [6, 6.07) is 0.876. The van der Waals surface area contributed by atoms with Gasteiger partial charge in [-0.05, 0) is 37.6 Å². The summed E-state index contributed by atoms with van der Waals surface area (Å²) in [4.78, 5) is 0. The highest BCUT2D eigenvalue weighted by molar-refractivity contribution is 4.82. The van der Waals surface area contributed by atoms with Crippen molar-refractivity contribution >= 4 is 0 Å². The van der Waals surface area contributed by atoms with Gasteiger partial charge in [0.2, 0.25) is 0 Å². The molecule has 0 aliphatic heterocycles. The monoisotopic (exact) mass is 225 g/mol. The molecule has 1 heteroatoms. The largest absolute Gasteiger partial charge is 0.314 e. The quantitative estimate of drug-likeness (QED) is 0.544. The Morgan fingerprint density at radius 1 is 1.06 bits per heavy atom. The van der Waals surface area contributed by atoms with Crippen LogP contribution in [0.4, 0.5) is 0 Å². The molecule has 0 aromatic rings. The van der Waals surface area contributed by atoms with E-state index in [0.29, 0.717) is 0 Å². The van der Waals surface area contributed by atoms with E-state index in [1.807, 2.05) is 0 Å². The van der Waals surface area contributed by atoms with Crippen LogP contribution in [0.1, 0.15) is 72.1 Å². The Kier molecular flexibility index (Phi) is 7.11. The van der Waals surface area contributed by atoms with E-state index in [4.69, 9.17) is 0 Å². The molecule has 0 radical (unpaired) electrons. The van der Waals surface area contributed by atoms with Crippen LogP contribution < -0.4 is 5.32 Å². The zero-order valence-electron chi connectivity index (χ0n) is 11.6. The molecule has 1 atom stereocenters. The number of unbranched alkanes of at least 4 members (excludes halogenated alkanes) is 4. The number of nitrogens with one attached hydrogen (secondary N) is 1. The lowest BCUT2D eigenvalue weighted by molar-refractivity contribution is 0.328. The van der Waals surface area contributed by atoms with Gasteiger partial charge in [0.15, 0.2) is 0 Å². The third-order valence-electron chi connectivity index (χ3n) is 3.87. The van der Waals surface area contributed by atoms with Crippen molar-refractivity contribution in [2.24, 2.45) is 11.8 Å². The second kappa shape index (κ2) is 8.11. The fourth-order valence-electron chi connectivity index (χ4n) is 2.29. The minimum absolute atomic E-state index is 0.845. The van der Waals surface area contributed by atoms with Crippen molar-refractivity contribution in [3.8, 4) is 0 Å². The van der Waals surface area contributed by atoms with Gasteiger partial charge in [-0.2, -0.15) is 0 Å². The highest BCUT2D eigenvalue weighted by atomic mass is 14.9. The van der Waals surface area contributed by atoms with Crippen molar-refractivity contribution in [3.05, 3.63) is 0 Å². The van der Waals surface area contributed by atoms with E-state index in [1.54, 1.807) is 0 Å². The fourth-order valence-corrected chi connectivity index (χ4v) is 2.29. The molecule has 1 aliphatic carbocycles. The van der Waals surface area contributed by atoms with Gasteiger partial charge in [-0.25, -0.2) is 0 Å². The molecule has 1 N–H and O–H groups in total. The first kappa shape index (κ1) is 14.0. The maximum absolute atomic E-state index is 3.69. The zero-order valence-corrected chi connectivity index (χ0v) is 11.6. The Balaban J connectivity index is 2.02. The van der Waals surface area contributed by atoms with Crippen LogP contribution in [0.15, 0.2) is 0 Å². The van der Waals surface area contributed by atoms with E-state index >= 15 is 0 Å². The standard InChI is InChI=1S/C15H31N/c1-4-5-6-7-8-9-14(13(2)3)12-16-15-10-11-15/h13-16H,4-12H2,1-3H3. The van der Waals surface area contributed by atoms with Gasteiger partial charge in [0, 0.05) is 6.04 Å². The minimum Gasteiger partial charge on any atom is -0.314 e. The summed E-state index contributed by atoms with van der Waals surface area (Å²) < 4.78 is 0. The molecule has 0 amide bonds. The predicted molar refractivity (Wildman–Crippen MR) is 72.7 cm³/mol. The summed E-state index contributed by atoms with van der Waals surface area (Å²) in [5.41, 5.74) is 0. The van der Waals surface area contributed by atoms with Crippen LogP contribution in [0, 0.1) is 11.8 Å². The third-order valence-corrected chi connectivity index (χ3v) is 3.87. The van der Waals surface area contributed by atoms with Gasteiger partial charge in [-0.1, -0.05) is 52.9 Å². The lowest BCUT2D eigenvalue weighted by Crippen LogP contribution is -2.27. The molecule has 1 unspecified atom stereocenters. The van der Waals surface area contributed by atoms with Crippen LogP contribution in [0.3, 0.4) is 0 Å². The fraction of sp³-hybridized carbons (Fsp3) is 1.00. The topological polar surface area (TPSA) is 12.0 Å². The minimum atomic E-state index is 0.845. The average molecular weight is 225 g/mol. The summed E-state index contributed by atoms with van der Waals surface area (Å²) in [5, 5.41) is 3.69. The van der Waals surface area contributed by atoms with Crippen LogP contribution in [-0.4, -0.2) is 12.6 Å². The van der Waals surface area contributed by atoms with Crippen molar-refractivity contribution in [1.29, 1.82) is 0 Å². The molecule has 16 heavy (non-hydrogen) atoms. The van der Waals surface area contributed by atoms with E-state index in [0.717, 1.165) is 17.9 Å². The van der Waals surface area contributed by atoms with E-state index in [1.165, 1.54) is 57.9 Å². The van der Waals surface area contributed by atoms with Crippen LogP contribution in [0.2, 0.25) is 0 Å². The van der Waals surface area contributed by atoms with Crippen molar-refractivity contribution in [1.82, 2.24) is 5.32 Å². The predicted octanol–water partition coefficient (Wildman–Crippen LogP) is 4.37. The van der Waals surface area contributed by atoms with Crippen molar-refractivity contribution in [3.63, 3.8) is 0 Å². The average Bonchev–Trinajstić information content (AvgIpc) is 3.05. The molecular weight excluding hydrogens is 194 g/mol. The van der Waals surface area contributed by atoms with E-state index in [9.17, 15) is 0 Å². The molecule has 1 fully saturated rings.